The summed E-state index contributed by atoms with van der Waals surface area (Å²) in [5.74, 6) is -1.10. The van der Waals surface area contributed by atoms with E-state index < -0.39 is 21.9 Å². The van der Waals surface area contributed by atoms with Crippen LogP contribution in [0.25, 0.3) is 0 Å². The lowest BCUT2D eigenvalue weighted by Crippen LogP contribution is -2.24. The van der Waals surface area contributed by atoms with E-state index in [1.165, 1.54) is 11.7 Å². The summed E-state index contributed by atoms with van der Waals surface area (Å²) in [7, 11) is -3.98. The van der Waals surface area contributed by atoms with Gasteiger partial charge in [0.15, 0.2) is 5.96 Å². The predicted molar refractivity (Wildman–Crippen MR) is 95.0 cm³/mol. The minimum atomic E-state index is -3.98. The first-order chi connectivity index (χ1) is 12.3. The van der Waals surface area contributed by atoms with Gasteiger partial charge in [0.1, 0.15) is 17.4 Å². The molecule has 0 saturated carbocycles. The highest BCUT2D eigenvalue weighted by Crippen LogP contribution is 2.22. The molecule has 0 unspecified atom stereocenters. The highest BCUT2D eigenvalue weighted by molar-refractivity contribution is 7.93. The minimum Gasteiger partial charge on any atom is -0.447 e. The summed E-state index contributed by atoms with van der Waals surface area (Å²) in [5.41, 5.74) is 11.4. The molecule has 1 aromatic carbocycles. The van der Waals surface area contributed by atoms with Gasteiger partial charge in [-0.05, 0) is 18.2 Å². The van der Waals surface area contributed by atoms with Crippen molar-refractivity contribution in [2.45, 2.75) is 4.90 Å². The molecule has 0 atom stereocenters. The number of hydrogen-bond acceptors (Lipinski definition) is 7. The van der Waals surface area contributed by atoms with Crippen LogP contribution in [0.3, 0.4) is 0 Å². The monoisotopic (exact) mass is 402 g/mol. The van der Waals surface area contributed by atoms with Gasteiger partial charge in [0, 0.05) is 0 Å². The molecule has 0 aliphatic carbocycles. The van der Waals surface area contributed by atoms with Crippen molar-refractivity contribution in [2.24, 2.45) is 16.5 Å². The van der Waals surface area contributed by atoms with Crippen LogP contribution in [0.1, 0.15) is 0 Å². The van der Waals surface area contributed by atoms with Crippen LogP contribution in [0, 0.1) is 5.82 Å². The predicted octanol–water partition coefficient (Wildman–Crippen LogP) is 0.905. The zero-order chi connectivity index (χ0) is 19.2. The van der Waals surface area contributed by atoms with Gasteiger partial charge in [0.25, 0.3) is 10.0 Å². The van der Waals surface area contributed by atoms with E-state index >= 15 is 0 Å². The second-order valence-electron chi connectivity index (χ2n) is 4.68. The van der Waals surface area contributed by atoms with Crippen LogP contribution in [0.5, 0.6) is 0 Å². The maximum atomic E-state index is 14.1. The van der Waals surface area contributed by atoms with Gasteiger partial charge in [0.2, 0.25) is 0 Å². The number of ether oxygens (including phenoxy) is 1. The number of hydrogen-bond donors (Lipinski definition) is 4. The molecule has 0 aliphatic rings. The maximum absolute atomic E-state index is 14.1. The molecule has 0 spiro atoms. The molecular formula is C13H15FN6O4S2. The number of aliphatic imine (C=N–C) groups is 1. The van der Waals surface area contributed by atoms with E-state index in [9.17, 15) is 17.6 Å². The molecule has 1 heterocycles. The molecule has 1 aromatic heterocycles. The fourth-order valence-corrected chi connectivity index (χ4v) is 3.50. The Bertz CT molecular complexity index is 897. The summed E-state index contributed by atoms with van der Waals surface area (Å²) in [5, 5.41) is 2.44. The molecule has 6 N–H and O–H groups in total. The topological polar surface area (TPSA) is 162 Å². The van der Waals surface area contributed by atoms with Crippen LogP contribution in [0.4, 0.5) is 19.9 Å². The lowest BCUT2D eigenvalue weighted by Gasteiger charge is -2.09. The second kappa shape index (κ2) is 8.44. The van der Waals surface area contributed by atoms with Crippen molar-refractivity contribution in [3.8, 4) is 0 Å². The van der Waals surface area contributed by atoms with E-state index in [2.05, 4.69) is 20.0 Å². The number of nitrogens with zero attached hydrogens (tertiary/aromatic N) is 2. The third kappa shape index (κ3) is 5.56. The summed E-state index contributed by atoms with van der Waals surface area (Å²) >= 11 is 1.08. The van der Waals surface area contributed by atoms with Gasteiger partial charge in [-0.15, -0.1) is 11.3 Å². The van der Waals surface area contributed by atoms with Gasteiger partial charge in [0.05, 0.1) is 28.8 Å². The number of sulfonamides is 1. The summed E-state index contributed by atoms with van der Waals surface area (Å²) < 4.78 is 45.4. The van der Waals surface area contributed by atoms with Crippen molar-refractivity contribution in [1.29, 1.82) is 0 Å². The summed E-state index contributed by atoms with van der Waals surface area (Å²) in [6.07, 6.45) is 0.389. The van der Waals surface area contributed by atoms with Crippen molar-refractivity contribution >= 4 is 44.1 Å². The third-order valence-electron chi connectivity index (χ3n) is 2.77. The molecule has 0 aliphatic heterocycles. The second-order valence-corrected chi connectivity index (χ2v) is 7.25. The Hall–Kier alpha value is -2.93. The molecule has 10 nitrogen and oxygen atoms in total. The number of thiazole rings is 1. The largest absolute Gasteiger partial charge is 0.447 e. The molecule has 0 saturated heterocycles. The quantitative estimate of drug-likeness (QED) is 0.304. The van der Waals surface area contributed by atoms with Crippen LogP contribution in [-0.4, -0.2) is 38.6 Å². The smallest absolute Gasteiger partial charge is 0.411 e. The third-order valence-corrected chi connectivity index (χ3v) is 4.95. The van der Waals surface area contributed by atoms with Gasteiger partial charge in [-0.3, -0.25) is 20.0 Å². The normalized spacial score (nSPS) is 10.8. The van der Waals surface area contributed by atoms with Crippen LogP contribution in [0.2, 0.25) is 0 Å². The van der Waals surface area contributed by atoms with E-state index in [1.807, 2.05) is 0 Å². The lowest BCUT2D eigenvalue weighted by molar-refractivity contribution is 0.165. The van der Waals surface area contributed by atoms with Crippen LogP contribution in [0.15, 0.2) is 39.8 Å². The van der Waals surface area contributed by atoms with Crippen molar-refractivity contribution in [2.75, 3.05) is 23.2 Å². The SMILES string of the molecule is NC(N)=NCCOC(=O)Nc1ccc(S(=O)(=O)Nc2cncs2)cc1F. The van der Waals surface area contributed by atoms with Gasteiger partial charge in [-0.2, -0.15) is 0 Å². The first kappa shape index (κ1) is 19.4. The standard InChI is InChI=1S/C13H15FN6O4S2/c14-9-5-8(26(22,23)20-11-6-17-7-25-11)1-2-10(9)19-13(21)24-4-3-18-12(15)16/h1-2,5-7,20H,3-4H2,(H,19,21)(H4,15,16,18). The van der Waals surface area contributed by atoms with Crippen LogP contribution < -0.4 is 21.5 Å². The number of nitrogens with two attached hydrogens (primary N) is 2. The molecule has 0 radical (unpaired) electrons. The molecule has 26 heavy (non-hydrogen) atoms. The average molecular weight is 402 g/mol. The van der Waals surface area contributed by atoms with Crippen molar-refractivity contribution in [1.82, 2.24) is 4.98 Å². The zero-order valence-electron chi connectivity index (χ0n) is 13.2. The Kier molecular flexibility index (Phi) is 6.30. The lowest BCUT2D eigenvalue weighted by atomic mass is 10.3. The van der Waals surface area contributed by atoms with E-state index in [0.29, 0.717) is 0 Å². The number of anilines is 2. The highest BCUT2D eigenvalue weighted by atomic mass is 32.2. The number of rotatable bonds is 7. The van der Waals surface area contributed by atoms with Gasteiger partial charge in [-0.1, -0.05) is 0 Å². The van der Waals surface area contributed by atoms with E-state index in [1.54, 1.807) is 0 Å². The first-order valence-corrected chi connectivity index (χ1v) is 9.34. The summed E-state index contributed by atoms with van der Waals surface area (Å²) in [4.78, 5) is 18.6. The van der Waals surface area contributed by atoms with E-state index in [0.717, 1.165) is 29.5 Å². The number of nitrogens with one attached hydrogen (secondary N) is 2. The number of benzene rings is 1. The Morgan fingerprint density at radius 1 is 1.38 bits per heavy atom. The van der Waals surface area contributed by atoms with Crippen LogP contribution in [-0.2, 0) is 14.8 Å². The van der Waals surface area contributed by atoms with Crippen molar-refractivity contribution in [3.63, 3.8) is 0 Å². The van der Waals surface area contributed by atoms with Gasteiger partial charge >= 0.3 is 6.09 Å². The summed E-state index contributed by atoms with van der Waals surface area (Å²) in [6.45, 7) is -0.0603. The molecule has 13 heteroatoms. The number of aromatic nitrogens is 1. The average Bonchev–Trinajstić information content (AvgIpc) is 3.05. The van der Waals surface area contributed by atoms with Gasteiger partial charge in [-0.25, -0.2) is 17.6 Å². The number of carbonyl (C=O) groups excluding carboxylic acids is 1. The first-order valence-electron chi connectivity index (χ1n) is 6.98. The number of amides is 1. The Morgan fingerprint density at radius 2 is 2.15 bits per heavy atom. The van der Waals surface area contributed by atoms with E-state index in [4.69, 9.17) is 16.2 Å². The number of halogens is 1. The molecule has 2 rings (SSSR count). The molecule has 0 bridgehead atoms. The van der Waals surface area contributed by atoms with Gasteiger partial charge < -0.3 is 16.2 Å². The van der Waals surface area contributed by atoms with E-state index in [-0.39, 0.29) is 34.7 Å². The molecular weight excluding hydrogens is 387 g/mol. The van der Waals surface area contributed by atoms with Crippen molar-refractivity contribution in [3.05, 3.63) is 35.7 Å². The fraction of sp³-hybridized carbons (Fsp3) is 0.154. The minimum absolute atomic E-state index is 0.0542. The highest BCUT2D eigenvalue weighted by Gasteiger charge is 2.18. The Balaban J connectivity index is 2.00. The maximum Gasteiger partial charge on any atom is 0.411 e. The molecule has 140 valence electrons. The fourth-order valence-electron chi connectivity index (χ4n) is 1.68. The Morgan fingerprint density at radius 3 is 2.77 bits per heavy atom. The number of carbonyl (C=O) groups is 1. The molecule has 1 amide bonds. The number of guanidine groups is 1. The van der Waals surface area contributed by atoms with Crippen molar-refractivity contribution < 1.29 is 22.3 Å². The molecule has 2 aromatic rings. The molecule has 0 fully saturated rings. The zero-order valence-corrected chi connectivity index (χ0v) is 14.8. The van der Waals surface area contributed by atoms with Crippen LogP contribution >= 0.6 is 11.3 Å². The Labute approximate surface area is 152 Å². The summed E-state index contributed by atoms with van der Waals surface area (Å²) in [6, 6.07) is 3.02.